The van der Waals surface area contributed by atoms with Crippen molar-refractivity contribution in [2.24, 2.45) is 0 Å². The number of hydrogen-bond donors (Lipinski definition) is 2. The van der Waals surface area contributed by atoms with Gasteiger partial charge in [-0.1, -0.05) is 6.07 Å². The molecule has 5 rings (SSSR count). The molecule has 0 atom stereocenters. The van der Waals surface area contributed by atoms with E-state index in [1.54, 1.807) is 23.3 Å². The van der Waals surface area contributed by atoms with Gasteiger partial charge >= 0.3 is 41.9 Å². The Morgan fingerprint density at radius 3 is 1.68 bits per heavy atom. The van der Waals surface area contributed by atoms with Crippen LogP contribution in [-0.2, 0) is 23.3 Å². The minimum absolute atomic E-state index is 0.0893. The molecule has 2 N–H and O–H groups in total. The predicted molar refractivity (Wildman–Crippen MR) is 135 cm³/mol. The van der Waals surface area contributed by atoms with Gasteiger partial charge in [0.15, 0.2) is 0 Å². The van der Waals surface area contributed by atoms with Gasteiger partial charge in [-0.3, -0.25) is 6.08 Å². The molecule has 4 aromatic carbocycles. The third kappa shape index (κ3) is 15.2. The molecule has 0 fully saturated rings. The molecule has 4 aromatic rings. The van der Waals surface area contributed by atoms with Crippen LogP contribution in [0.15, 0.2) is 109 Å². The summed E-state index contributed by atoms with van der Waals surface area (Å²) in [6.45, 7) is 4.62. The normalized spacial score (nSPS) is 10.4. The number of phenolic OH excluding ortho intramolecular Hbond substituents is 2. The topological polar surface area (TPSA) is 40.5 Å². The van der Waals surface area contributed by atoms with Crippen molar-refractivity contribution in [2.75, 3.05) is 0 Å². The number of phenols is 2. The van der Waals surface area contributed by atoms with Crippen molar-refractivity contribution in [1.82, 2.24) is 0 Å². The van der Waals surface area contributed by atoms with Crippen molar-refractivity contribution in [2.45, 2.75) is 19.5 Å². The standard InChI is InChI=1S/C9H7.2C6H5FO.C5H5.C2H6Si.Zr/c1-2-5-9-7-3-6-8(9)4-1;2*7-5-1-3-6(8)4-2-5;1-2-4-5-3-1;1-3-2;/h1-7H;2*1-4,8H;1-3H,4H2;1-2H3;/q-1;;;-1;;+2. The summed E-state index contributed by atoms with van der Waals surface area (Å²) < 4.78 is 24.0. The van der Waals surface area contributed by atoms with Crippen LogP contribution in [0.4, 0.5) is 8.78 Å². The minimum Gasteiger partial charge on any atom is -0.508 e. The summed E-state index contributed by atoms with van der Waals surface area (Å²) in [7, 11) is 0. The van der Waals surface area contributed by atoms with Crippen LogP contribution in [0.1, 0.15) is 6.42 Å². The molecule has 0 amide bonds. The summed E-state index contributed by atoms with van der Waals surface area (Å²) in [6, 6.07) is 24.7. The van der Waals surface area contributed by atoms with Crippen molar-refractivity contribution < 1.29 is 42.3 Å². The Labute approximate surface area is 215 Å². The molecule has 0 heterocycles. The van der Waals surface area contributed by atoms with Gasteiger partial charge < -0.3 is 10.2 Å². The first-order valence-corrected chi connectivity index (χ1v) is 16.7. The third-order valence-corrected chi connectivity index (χ3v) is 3.79. The van der Waals surface area contributed by atoms with E-state index in [2.05, 4.69) is 67.7 Å². The van der Waals surface area contributed by atoms with E-state index >= 15 is 0 Å². The molecule has 174 valence electrons. The first kappa shape index (κ1) is 29.3. The van der Waals surface area contributed by atoms with E-state index in [1.165, 1.54) is 59.3 Å². The molecule has 1 aliphatic rings. The van der Waals surface area contributed by atoms with E-state index in [1.807, 2.05) is 12.2 Å². The van der Waals surface area contributed by atoms with E-state index < -0.39 is 0 Å². The van der Waals surface area contributed by atoms with Crippen molar-refractivity contribution in [3.63, 3.8) is 0 Å². The number of halogens is 2. The molecule has 2 nitrogen and oxygen atoms in total. The molecule has 0 bridgehead atoms. The maximum Gasteiger partial charge on any atom is 0.123 e. The fraction of sp³-hybridized carbons (Fsp3) is 0.107. The third-order valence-electron chi connectivity index (χ3n) is 3.79. The Hall–Kier alpha value is -2.69. The van der Waals surface area contributed by atoms with Crippen LogP contribution in [0.5, 0.6) is 11.5 Å². The molecule has 0 saturated carbocycles. The SMILES string of the molecule is C[Si](C)=[Zr+2].Oc1ccc(F)cc1.Oc1ccc(F)cc1.[C-]1=CC=CC1.c1ccc2[cH-]ccc2c1. The zero-order valence-electron chi connectivity index (χ0n) is 19.2. The first-order valence-electron chi connectivity index (χ1n) is 10.5. The zero-order valence-corrected chi connectivity index (χ0v) is 22.7. The molecular weight excluding hydrogens is 526 g/mol. The Balaban J connectivity index is 0.000000219. The summed E-state index contributed by atoms with van der Waals surface area (Å²) in [5, 5.41) is 19.8. The van der Waals surface area contributed by atoms with Crippen LogP contribution in [0.3, 0.4) is 0 Å². The monoisotopic (exact) mass is 552 g/mol. The zero-order chi connectivity index (χ0) is 25.2. The molecule has 1 aliphatic carbocycles. The fourth-order valence-corrected chi connectivity index (χ4v) is 2.29. The van der Waals surface area contributed by atoms with Gasteiger partial charge in [0, 0.05) is 0 Å². The van der Waals surface area contributed by atoms with E-state index in [0.717, 1.165) is 6.42 Å². The molecule has 34 heavy (non-hydrogen) atoms. The Morgan fingerprint density at radius 1 is 0.824 bits per heavy atom. The predicted octanol–water partition coefficient (Wildman–Crippen LogP) is 7.71. The quantitative estimate of drug-likeness (QED) is 0.173. The molecule has 0 radical (unpaired) electrons. The Morgan fingerprint density at radius 2 is 1.32 bits per heavy atom. The molecule has 0 unspecified atom stereocenters. The largest absolute Gasteiger partial charge is 0.508 e. The minimum atomic E-state index is -0.331. The van der Waals surface area contributed by atoms with Gasteiger partial charge in [-0.2, -0.15) is 23.6 Å². The van der Waals surface area contributed by atoms with E-state index in [9.17, 15) is 8.78 Å². The van der Waals surface area contributed by atoms with Crippen LogP contribution in [0.25, 0.3) is 10.8 Å². The van der Waals surface area contributed by atoms with Gasteiger partial charge in [-0.05, 0) is 48.5 Å². The second-order valence-electron chi connectivity index (χ2n) is 7.11. The van der Waals surface area contributed by atoms with Gasteiger partial charge in [-0.25, -0.2) is 20.9 Å². The van der Waals surface area contributed by atoms with Crippen LogP contribution in [0, 0.1) is 17.7 Å². The van der Waals surface area contributed by atoms with Crippen molar-refractivity contribution in [3.05, 3.63) is 127 Å². The van der Waals surface area contributed by atoms with Crippen molar-refractivity contribution in [1.29, 1.82) is 0 Å². The average molecular weight is 554 g/mol. The summed E-state index contributed by atoms with van der Waals surface area (Å²) in [5.74, 6) is -0.483. The van der Waals surface area contributed by atoms with Crippen LogP contribution >= 0.6 is 0 Å². The fourth-order valence-electron chi connectivity index (χ4n) is 2.29. The summed E-state index contributed by atoms with van der Waals surface area (Å²) in [4.78, 5) is 0. The number of hydrogen-bond acceptors (Lipinski definition) is 2. The smallest absolute Gasteiger partial charge is 0.123 e. The van der Waals surface area contributed by atoms with Gasteiger partial charge in [0.25, 0.3) is 0 Å². The van der Waals surface area contributed by atoms with E-state index in [4.69, 9.17) is 10.2 Å². The van der Waals surface area contributed by atoms with Gasteiger partial charge in [0.05, 0.1) is 0 Å². The Kier molecular flexibility index (Phi) is 15.3. The van der Waals surface area contributed by atoms with Crippen molar-refractivity contribution in [3.8, 4) is 11.5 Å². The van der Waals surface area contributed by atoms with E-state index in [0.29, 0.717) is 0 Å². The number of allylic oxidation sites excluding steroid dienone is 4. The second-order valence-corrected chi connectivity index (χ2v) is 16.5. The van der Waals surface area contributed by atoms with Gasteiger partial charge in [0.2, 0.25) is 0 Å². The van der Waals surface area contributed by atoms with Crippen LogP contribution in [-0.4, -0.2) is 15.6 Å². The first-order chi connectivity index (χ1) is 16.3. The number of aromatic hydroxyl groups is 2. The molecule has 0 spiro atoms. The molecule has 6 heteroatoms. The molecule has 0 aliphatic heterocycles. The number of rotatable bonds is 0. The van der Waals surface area contributed by atoms with Gasteiger partial charge in [0.1, 0.15) is 23.1 Å². The van der Waals surface area contributed by atoms with Crippen LogP contribution in [0.2, 0.25) is 13.1 Å². The summed E-state index contributed by atoms with van der Waals surface area (Å²) in [5.41, 5.74) is 0.210. The molecule has 0 aromatic heterocycles. The average Bonchev–Trinajstić information content (AvgIpc) is 3.53. The Bertz CT molecular complexity index is 1020. The summed E-state index contributed by atoms with van der Waals surface area (Å²) in [6.07, 6.45) is 10.0. The second kappa shape index (κ2) is 17.7. The summed E-state index contributed by atoms with van der Waals surface area (Å²) >= 11 is 1.74. The molecular formula is C28H28F2O2SiZr. The molecule has 0 saturated heterocycles. The number of fused-ring (bicyclic) bond motifs is 1. The maximum absolute atomic E-state index is 12.0. The van der Waals surface area contributed by atoms with Crippen LogP contribution < -0.4 is 0 Å². The van der Waals surface area contributed by atoms with Gasteiger partial charge in [-0.15, -0.1) is 36.1 Å². The van der Waals surface area contributed by atoms with E-state index in [-0.39, 0.29) is 28.6 Å². The number of benzene rings is 3. The van der Waals surface area contributed by atoms with Crippen molar-refractivity contribution >= 4 is 16.2 Å². The maximum atomic E-state index is 12.0.